The SMILES string of the molecule is COc1ncc2c(OCCOc3ccccc3)cccc2n1. The molecule has 0 saturated carbocycles. The van der Waals surface area contributed by atoms with Gasteiger partial charge in [-0.05, 0) is 24.3 Å². The first kappa shape index (κ1) is 14.1. The lowest BCUT2D eigenvalue weighted by Gasteiger charge is -2.10. The zero-order valence-electron chi connectivity index (χ0n) is 12.2. The van der Waals surface area contributed by atoms with E-state index in [4.69, 9.17) is 14.2 Å². The second-order valence-electron chi connectivity index (χ2n) is 4.56. The molecule has 0 atom stereocenters. The summed E-state index contributed by atoms with van der Waals surface area (Å²) < 4.78 is 16.4. The van der Waals surface area contributed by atoms with E-state index in [1.165, 1.54) is 0 Å². The molecule has 0 amide bonds. The van der Waals surface area contributed by atoms with Crippen LogP contribution in [0.3, 0.4) is 0 Å². The molecule has 2 aromatic carbocycles. The predicted octanol–water partition coefficient (Wildman–Crippen LogP) is 3.10. The molecular formula is C17H16N2O3. The predicted molar refractivity (Wildman–Crippen MR) is 83.5 cm³/mol. The summed E-state index contributed by atoms with van der Waals surface area (Å²) in [5.74, 6) is 1.56. The van der Waals surface area contributed by atoms with Gasteiger partial charge in [-0.25, -0.2) is 4.98 Å². The van der Waals surface area contributed by atoms with Crippen molar-refractivity contribution in [3.8, 4) is 17.5 Å². The highest BCUT2D eigenvalue weighted by molar-refractivity contribution is 5.84. The van der Waals surface area contributed by atoms with Gasteiger partial charge in [-0.3, -0.25) is 0 Å². The van der Waals surface area contributed by atoms with Gasteiger partial charge in [-0.2, -0.15) is 4.98 Å². The average Bonchev–Trinajstić information content (AvgIpc) is 2.59. The summed E-state index contributed by atoms with van der Waals surface area (Å²) in [6.45, 7) is 0.914. The van der Waals surface area contributed by atoms with Gasteiger partial charge in [0.15, 0.2) is 0 Å². The third-order valence-corrected chi connectivity index (χ3v) is 3.10. The highest BCUT2D eigenvalue weighted by Gasteiger charge is 2.05. The van der Waals surface area contributed by atoms with E-state index >= 15 is 0 Å². The number of methoxy groups -OCH3 is 1. The van der Waals surface area contributed by atoms with Gasteiger partial charge < -0.3 is 14.2 Å². The summed E-state index contributed by atoms with van der Waals surface area (Å²) in [6.07, 6.45) is 1.70. The molecule has 0 aliphatic rings. The highest BCUT2D eigenvalue weighted by atomic mass is 16.5. The first-order valence-corrected chi connectivity index (χ1v) is 6.97. The number of ether oxygens (including phenoxy) is 3. The van der Waals surface area contributed by atoms with Crippen LogP contribution in [0.2, 0.25) is 0 Å². The van der Waals surface area contributed by atoms with E-state index in [2.05, 4.69) is 9.97 Å². The van der Waals surface area contributed by atoms with Gasteiger partial charge in [0, 0.05) is 6.20 Å². The Kier molecular flexibility index (Phi) is 4.34. The maximum atomic E-state index is 5.77. The molecule has 0 fully saturated rings. The fraction of sp³-hybridized carbons (Fsp3) is 0.176. The van der Waals surface area contributed by atoms with Crippen molar-refractivity contribution < 1.29 is 14.2 Å². The van der Waals surface area contributed by atoms with Crippen molar-refractivity contribution in [2.45, 2.75) is 0 Å². The normalized spacial score (nSPS) is 10.4. The van der Waals surface area contributed by atoms with Crippen LogP contribution in [0.5, 0.6) is 17.5 Å². The maximum absolute atomic E-state index is 5.77. The van der Waals surface area contributed by atoms with Crippen LogP contribution in [0.15, 0.2) is 54.7 Å². The van der Waals surface area contributed by atoms with Gasteiger partial charge >= 0.3 is 6.01 Å². The number of rotatable bonds is 6. The number of benzene rings is 2. The van der Waals surface area contributed by atoms with Crippen LogP contribution in [0.4, 0.5) is 0 Å². The van der Waals surface area contributed by atoms with Crippen molar-refractivity contribution in [1.29, 1.82) is 0 Å². The molecule has 5 heteroatoms. The number of nitrogens with zero attached hydrogens (tertiary/aromatic N) is 2. The summed E-state index contributed by atoms with van der Waals surface area (Å²) in [5.41, 5.74) is 0.785. The van der Waals surface area contributed by atoms with E-state index in [0.717, 1.165) is 22.4 Å². The Bertz CT molecular complexity index is 747. The molecule has 0 N–H and O–H groups in total. The fourth-order valence-corrected chi connectivity index (χ4v) is 2.06. The first-order chi connectivity index (χ1) is 10.9. The molecule has 1 heterocycles. The van der Waals surface area contributed by atoms with Gasteiger partial charge in [0.25, 0.3) is 0 Å². The minimum atomic E-state index is 0.345. The van der Waals surface area contributed by atoms with E-state index in [1.807, 2.05) is 48.5 Å². The van der Waals surface area contributed by atoms with Gasteiger partial charge in [0.1, 0.15) is 24.7 Å². The summed E-state index contributed by atoms with van der Waals surface area (Å²) in [4.78, 5) is 8.40. The van der Waals surface area contributed by atoms with Gasteiger partial charge in [-0.15, -0.1) is 0 Å². The molecule has 112 valence electrons. The molecule has 0 saturated heterocycles. The van der Waals surface area contributed by atoms with Crippen molar-refractivity contribution in [2.75, 3.05) is 20.3 Å². The summed E-state index contributed by atoms with van der Waals surface area (Å²) in [5, 5.41) is 0.850. The number of fused-ring (bicyclic) bond motifs is 1. The molecular weight excluding hydrogens is 280 g/mol. The summed E-state index contributed by atoms with van der Waals surface area (Å²) in [7, 11) is 1.54. The Labute approximate surface area is 128 Å². The first-order valence-electron chi connectivity index (χ1n) is 6.97. The van der Waals surface area contributed by atoms with Crippen LogP contribution in [0.25, 0.3) is 10.9 Å². The molecule has 0 unspecified atom stereocenters. The van der Waals surface area contributed by atoms with Crippen LogP contribution in [-0.4, -0.2) is 30.3 Å². The Morgan fingerprint density at radius 1 is 0.909 bits per heavy atom. The van der Waals surface area contributed by atoms with E-state index in [-0.39, 0.29) is 0 Å². The molecule has 0 bridgehead atoms. The van der Waals surface area contributed by atoms with Crippen LogP contribution in [0, 0.1) is 0 Å². The van der Waals surface area contributed by atoms with Crippen molar-refractivity contribution >= 4 is 10.9 Å². The zero-order chi connectivity index (χ0) is 15.2. The molecule has 0 spiro atoms. The topological polar surface area (TPSA) is 53.5 Å². The number of aromatic nitrogens is 2. The molecule has 0 aliphatic carbocycles. The van der Waals surface area contributed by atoms with E-state index in [0.29, 0.717) is 19.2 Å². The third-order valence-electron chi connectivity index (χ3n) is 3.10. The van der Waals surface area contributed by atoms with E-state index in [9.17, 15) is 0 Å². The maximum Gasteiger partial charge on any atom is 0.316 e. The van der Waals surface area contributed by atoms with Crippen LogP contribution in [-0.2, 0) is 0 Å². The molecule has 3 rings (SSSR count). The molecule has 0 radical (unpaired) electrons. The quantitative estimate of drug-likeness (QED) is 0.654. The standard InChI is InChI=1S/C17H16N2O3/c1-20-17-18-12-14-15(19-17)8-5-9-16(14)22-11-10-21-13-6-3-2-4-7-13/h2-9,12H,10-11H2,1H3. The zero-order valence-corrected chi connectivity index (χ0v) is 12.2. The van der Waals surface area contributed by atoms with Crippen LogP contribution in [0.1, 0.15) is 0 Å². The van der Waals surface area contributed by atoms with E-state index in [1.54, 1.807) is 13.3 Å². The molecule has 22 heavy (non-hydrogen) atoms. The molecule has 3 aromatic rings. The Morgan fingerprint density at radius 3 is 2.55 bits per heavy atom. The monoisotopic (exact) mass is 296 g/mol. The molecule has 5 nitrogen and oxygen atoms in total. The van der Waals surface area contributed by atoms with Crippen molar-refractivity contribution in [3.63, 3.8) is 0 Å². The molecule has 0 aliphatic heterocycles. The van der Waals surface area contributed by atoms with Crippen molar-refractivity contribution in [3.05, 3.63) is 54.7 Å². The lowest BCUT2D eigenvalue weighted by atomic mass is 10.2. The minimum Gasteiger partial charge on any atom is -0.490 e. The van der Waals surface area contributed by atoms with Gasteiger partial charge in [-0.1, -0.05) is 24.3 Å². The second kappa shape index (κ2) is 6.76. The number of hydrogen-bond acceptors (Lipinski definition) is 5. The van der Waals surface area contributed by atoms with Crippen molar-refractivity contribution in [1.82, 2.24) is 9.97 Å². The molecule has 1 aromatic heterocycles. The number of para-hydroxylation sites is 1. The lowest BCUT2D eigenvalue weighted by molar-refractivity contribution is 0.218. The van der Waals surface area contributed by atoms with Crippen molar-refractivity contribution in [2.24, 2.45) is 0 Å². The second-order valence-corrected chi connectivity index (χ2v) is 4.56. The van der Waals surface area contributed by atoms with Crippen LogP contribution >= 0.6 is 0 Å². The smallest absolute Gasteiger partial charge is 0.316 e. The van der Waals surface area contributed by atoms with Gasteiger partial charge in [0.2, 0.25) is 0 Å². The third kappa shape index (κ3) is 3.25. The van der Waals surface area contributed by atoms with E-state index < -0.39 is 0 Å². The van der Waals surface area contributed by atoms with Crippen LogP contribution < -0.4 is 14.2 Å². The Hall–Kier alpha value is -2.82. The Balaban J connectivity index is 1.64. The average molecular weight is 296 g/mol. The Morgan fingerprint density at radius 2 is 1.73 bits per heavy atom. The minimum absolute atomic E-state index is 0.345. The number of hydrogen-bond donors (Lipinski definition) is 0. The summed E-state index contributed by atoms with van der Waals surface area (Å²) in [6, 6.07) is 15.7. The summed E-state index contributed by atoms with van der Waals surface area (Å²) >= 11 is 0. The largest absolute Gasteiger partial charge is 0.490 e. The highest BCUT2D eigenvalue weighted by Crippen LogP contribution is 2.24. The van der Waals surface area contributed by atoms with Gasteiger partial charge in [0.05, 0.1) is 18.0 Å². The fourth-order valence-electron chi connectivity index (χ4n) is 2.06. The lowest BCUT2D eigenvalue weighted by Crippen LogP contribution is -2.09.